The normalized spacial score (nSPS) is 12.2. The van der Waals surface area contributed by atoms with Gasteiger partial charge in [0.2, 0.25) is 0 Å². The largest absolute Gasteiger partial charge is 0.476 e. The number of aromatic carboxylic acids is 1. The third-order valence-corrected chi connectivity index (χ3v) is 2.73. The van der Waals surface area contributed by atoms with E-state index in [9.17, 15) is 26.4 Å². The van der Waals surface area contributed by atoms with Gasteiger partial charge in [0.25, 0.3) is 10.2 Å². The fourth-order valence-electron chi connectivity index (χ4n) is 1.02. The Hall–Kier alpha value is -1.88. The van der Waals surface area contributed by atoms with Crippen molar-refractivity contribution in [2.75, 3.05) is 11.3 Å². The Morgan fingerprint density at radius 1 is 1.42 bits per heavy atom. The molecule has 7 nitrogen and oxygen atoms in total. The van der Waals surface area contributed by atoms with Gasteiger partial charge in [0.15, 0.2) is 5.69 Å². The minimum atomic E-state index is -4.72. The Morgan fingerprint density at radius 3 is 2.58 bits per heavy atom. The first-order valence-corrected chi connectivity index (χ1v) is 6.11. The molecule has 1 rings (SSSR count). The number of hydrogen-bond donors (Lipinski definition) is 3. The molecule has 11 heteroatoms. The maximum Gasteiger partial charge on any atom is 0.402 e. The van der Waals surface area contributed by atoms with Crippen LogP contribution < -0.4 is 9.44 Å². The molecule has 0 radical (unpaired) electrons. The SMILES string of the molecule is O=C(O)c1ncccc1NS(=O)(=O)NCC(F)(F)F. The van der Waals surface area contributed by atoms with Crippen LogP contribution in [0.4, 0.5) is 18.9 Å². The number of carboxylic acids is 1. The van der Waals surface area contributed by atoms with Gasteiger partial charge in [0, 0.05) is 6.20 Å². The molecule has 0 saturated carbocycles. The maximum absolute atomic E-state index is 11.9. The topological polar surface area (TPSA) is 108 Å². The highest BCUT2D eigenvalue weighted by atomic mass is 32.2. The molecule has 0 fully saturated rings. The quantitative estimate of drug-likeness (QED) is 0.737. The van der Waals surface area contributed by atoms with E-state index in [0.717, 1.165) is 12.3 Å². The van der Waals surface area contributed by atoms with E-state index in [1.807, 2.05) is 0 Å². The second-order valence-electron chi connectivity index (χ2n) is 3.25. The summed E-state index contributed by atoms with van der Waals surface area (Å²) in [6.45, 7) is -1.77. The van der Waals surface area contributed by atoms with Crippen LogP contribution in [0.5, 0.6) is 0 Å². The first-order chi connectivity index (χ1) is 8.61. The van der Waals surface area contributed by atoms with Crippen molar-refractivity contribution in [3.8, 4) is 0 Å². The summed E-state index contributed by atoms with van der Waals surface area (Å²) in [6.07, 6.45) is -3.62. The van der Waals surface area contributed by atoms with Crippen LogP contribution >= 0.6 is 0 Å². The van der Waals surface area contributed by atoms with Gasteiger partial charge in [-0.25, -0.2) is 9.78 Å². The predicted octanol–water partition coefficient (Wildman–Crippen LogP) is 0.588. The highest BCUT2D eigenvalue weighted by Gasteiger charge is 2.29. The molecular formula is C8H8F3N3O4S. The van der Waals surface area contributed by atoms with Gasteiger partial charge in [-0.3, -0.25) is 4.72 Å². The lowest BCUT2D eigenvalue weighted by Crippen LogP contribution is -2.37. The first-order valence-electron chi connectivity index (χ1n) is 4.63. The zero-order valence-corrected chi connectivity index (χ0v) is 9.92. The molecule has 0 unspecified atom stereocenters. The maximum atomic E-state index is 11.9. The molecule has 0 aliphatic heterocycles. The molecule has 0 aromatic carbocycles. The smallest absolute Gasteiger partial charge is 0.402 e. The molecule has 1 heterocycles. The first kappa shape index (κ1) is 15.2. The molecule has 19 heavy (non-hydrogen) atoms. The summed E-state index contributed by atoms with van der Waals surface area (Å²) < 4.78 is 61.1. The Bertz CT molecular complexity index is 573. The number of nitrogens with one attached hydrogen (secondary N) is 2. The van der Waals surface area contributed by atoms with E-state index in [1.165, 1.54) is 10.8 Å². The van der Waals surface area contributed by atoms with Crippen molar-refractivity contribution in [3.05, 3.63) is 24.0 Å². The lowest BCUT2D eigenvalue weighted by molar-refractivity contribution is -0.121. The van der Waals surface area contributed by atoms with Gasteiger partial charge in [-0.05, 0) is 12.1 Å². The second kappa shape index (κ2) is 5.40. The third kappa shape index (κ3) is 5.09. The summed E-state index contributed by atoms with van der Waals surface area (Å²) in [4.78, 5) is 14.1. The molecule has 3 N–H and O–H groups in total. The number of pyridine rings is 1. The zero-order chi connectivity index (χ0) is 14.7. The average Bonchev–Trinajstić information content (AvgIpc) is 2.26. The van der Waals surface area contributed by atoms with Crippen molar-refractivity contribution in [3.63, 3.8) is 0 Å². The van der Waals surface area contributed by atoms with Gasteiger partial charge in [0.1, 0.15) is 6.54 Å². The van der Waals surface area contributed by atoms with E-state index < -0.39 is 40.3 Å². The van der Waals surface area contributed by atoms with E-state index in [1.54, 1.807) is 4.72 Å². The van der Waals surface area contributed by atoms with Gasteiger partial charge >= 0.3 is 12.1 Å². The lowest BCUT2D eigenvalue weighted by atomic mass is 10.3. The van der Waals surface area contributed by atoms with E-state index in [2.05, 4.69) is 4.98 Å². The van der Waals surface area contributed by atoms with Crippen LogP contribution in [-0.4, -0.2) is 37.2 Å². The van der Waals surface area contributed by atoms with E-state index in [0.29, 0.717) is 0 Å². The summed E-state index contributed by atoms with van der Waals surface area (Å²) in [5, 5.41) is 8.72. The molecule has 0 aliphatic rings. The molecule has 0 spiro atoms. The molecule has 0 bridgehead atoms. The Balaban J connectivity index is 2.87. The number of hydrogen-bond acceptors (Lipinski definition) is 4. The number of rotatable bonds is 5. The molecular weight excluding hydrogens is 291 g/mol. The minimum absolute atomic E-state index is 0.440. The summed E-state index contributed by atoms with van der Waals surface area (Å²) in [5.41, 5.74) is -1.07. The van der Waals surface area contributed by atoms with Gasteiger partial charge in [-0.2, -0.15) is 26.3 Å². The van der Waals surface area contributed by atoms with Crippen LogP contribution in [0, 0.1) is 0 Å². The number of aromatic nitrogens is 1. The third-order valence-electron chi connectivity index (χ3n) is 1.72. The van der Waals surface area contributed by atoms with Gasteiger partial charge in [-0.1, -0.05) is 0 Å². The van der Waals surface area contributed by atoms with Crippen molar-refractivity contribution in [1.29, 1.82) is 0 Å². The fourth-order valence-corrected chi connectivity index (χ4v) is 1.90. The van der Waals surface area contributed by atoms with Crippen molar-refractivity contribution < 1.29 is 31.5 Å². The molecule has 1 aromatic rings. The molecule has 0 saturated heterocycles. The lowest BCUT2D eigenvalue weighted by Gasteiger charge is -2.12. The number of carboxylic acid groups (broad SMARTS) is 1. The summed E-state index contributed by atoms with van der Waals surface area (Å²) >= 11 is 0. The van der Waals surface area contributed by atoms with Gasteiger partial charge in [0.05, 0.1) is 5.69 Å². The average molecular weight is 299 g/mol. The Labute approximate surface area is 105 Å². The number of nitrogens with zero attached hydrogens (tertiary/aromatic N) is 1. The van der Waals surface area contributed by atoms with E-state index in [-0.39, 0.29) is 0 Å². The predicted molar refractivity (Wildman–Crippen MR) is 57.8 cm³/mol. The summed E-state index contributed by atoms with van der Waals surface area (Å²) in [6, 6.07) is 2.29. The standard InChI is InChI=1S/C8H8F3N3O4S/c9-8(10,11)4-13-19(17,18)14-5-2-1-3-12-6(5)7(15)16/h1-3,13-14H,4H2,(H,15,16). The van der Waals surface area contributed by atoms with Crippen molar-refractivity contribution >= 4 is 21.9 Å². The molecule has 106 valence electrons. The molecule has 0 aliphatic carbocycles. The molecule has 0 atom stereocenters. The summed E-state index contributed by atoms with van der Waals surface area (Å²) in [7, 11) is -4.55. The fraction of sp³-hybridized carbons (Fsp3) is 0.250. The Kier molecular flexibility index (Phi) is 4.32. The van der Waals surface area contributed by atoms with E-state index in [4.69, 9.17) is 5.11 Å². The van der Waals surface area contributed by atoms with Gasteiger partial charge < -0.3 is 5.11 Å². The van der Waals surface area contributed by atoms with Crippen molar-refractivity contribution in [2.45, 2.75) is 6.18 Å². The number of anilines is 1. The van der Waals surface area contributed by atoms with Crippen LogP contribution in [0.25, 0.3) is 0 Å². The summed E-state index contributed by atoms with van der Waals surface area (Å²) in [5.74, 6) is -1.52. The van der Waals surface area contributed by atoms with E-state index >= 15 is 0 Å². The zero-order valence-electron chi connectivity index (χ0n) is 9.10. The van der Waals surface area contributed by atoms with Crippen LogP contribution in [-0.2, 0) is 10.2 Å². The second-order valence-corrected chi connectivity index (χ2v) is 4.75. The van der Waals surface area contributed by atoms with Crippen LogP contribution in [0.15, 0.2) is 18.3 Å². The molecule has 1 aromatic heterocycles. The Morgan fingerprint density at radius 2 is 2.05 bits per heavy atom. The minimum Gasteiger partial charge on any atom is -0.476 e. The number of alkyl halides is 3. The van der Waals surface area contributed by atoms with Crippen molar-refractivity contribution in [2.24, 2.45) is 0 Å². The number of halogens is 3. The highest BCUT2D eigenvalue weighted by molar-refractivity contribution is 7.90. The van der Waals surface area contributed by atoms with Gasteiger partial charge in [-0.15, -0.1) is 0 Å². The molecule has 0 amide bonds. The van der Waals surface area contributed by atoms with Crippen molar-refractivity contribution in [1.82, 2.24) is 9.71 Å². The van der Waals surface area contributed by atoms with Crippen LogP contribution in [0.3, 0.4) is 0 Å². The van der Waals surface area contributed by atoms with Crippen LogP contribution in [0.1, 0.15) is 10.5 Å². The van der Waals surface area contributed by atoms with Crippen LogP contribution in [0.2, 0.25) is 0 Å². The highest BCUT2D eigenvalue weighted by Crippen LogP contribution is 2.15. The number of carbonyl (C=O) groups is 1. The monoisotopic (exact) mass is 299 g/mol.